The van der Waals surface area contributed by atoms with Crippen LogP contribution in [-0.4, -0.2) is 27.3 Å². The lowest BCUT2D eigenvalue weighted by Crippen LogP contribution is -2.44. The summed E-state index contributed by atoms with van der Waals surface area (Å²) in [7, 11) is 0. The molecule has 2 fully saturated rings. The van der Waals surface area contributed by atoms with Gasteiger partial charge in [0.2, 0.25) is 11.9 Å². The third-order valence-corrected chi connectivity index (χ3v) is 5.48. The monoisotopic (exact) mass is 336 g/mol. The number of piperidine rings is 1. The van der Waals surface area contributed by atoms with Gasteiger partial charge in [-0.05, 0) is 37.7 Å². The zero-order chi connectivity index (χ0) is 17.2. The molecule has 25 heavy (non-hydrogen) atoms. The predicted molar refractivity (Wildman–Crippen MR) is 97.5 cm³/mol. The van der Waals surface area contributed by atoms with Crippen LogP contribution < -0.4 is 5.73 Å². The van der Waals surface area contributed by atoms with Gasteiger partial charge in [-0.25, -0.2) is 9.97 Å². The Bertz CT molecular complexity index is 758. The molecule has 2 aromatic rings. The molecule has 1 aliphatic heterocycles. The summed E-state index contributed by atoms with van der Waals surface area (Å²) in [5.41, 5.74) is 8.85. The SMILES string of the molecule is Nc1ncc(-c2ccccc2)c([C@@H]2CCCCN2C(=O)C2CCC2)n1. The number of amides is 1. The number of carbonyl (C=O) groups is 1. The molecular weight excluding hydrogens is 312 g/mol. The average molecular weight is 336 g/mol. The van der Waals surface area contributed by atoms with E-state index in [4.69, 9.17) is 5.73 Å². The minimum Gasteiger partial charge on any atom is -0.368 e. The van der Waals surface area contributed by atoms with Gasteiger partial charge in [0.15, 0.2) is 0 Å². The van der Waals surface area contributed by atoms with Gasteiger partial charge < -0.3 is 10.6 Å². The van der Waals surface area contributed by atoms with E-state index in [2.05, 4.69) is 27.0 Å². The highest BCUT2D eigenvalue weighted by molar-refractivity contribution is 5.80. The number of nitrogen functional groups attached to an aromatic ring is 1. The number of hydrogen-bond donors (Lipinski definition) is 1. The van der Waals surface area contributed by atoms with Crippen LogP contribution in [0.4, 0.5) is 5.95 Å². The lowest BCUT2D eigenvalue weighted by atomic mass is 9.83. The number of likely N-dealkylation sites (tertiary alicyclic amines) is 1. The van der Waals surface area contributed by atoms with Crippen molar-refractivity contribution < 1.29 is 4.79 Å². The summed E-state index contributed by atoms with van der Waals surface area (Å²) < 4.78 is 0. The van der Waals surface area contributed by atoms with Gasteiger partial charge in [0.25, 0.3) is 0 Å². The molecule has 2 heterocycles. The third-order valence-electron chi connectivity index (χ3n) is 5.48. The summed E-state index contributed by atoms with van der Waals surface area (Å²) in [6, 6.07) is 10.1. The van der Waals surface area contributed by atoms with E-state index in [1.54, 1.807) is 6.20 Å². The van der Waals surface area contributed by atoms with Gasteiger partial charge >= 0.3 is 0 Å². The molecule has 1 aliphatic carbocycles. The molecule has 0 bridgehead atoms. The Morgan fingerprint density at radius 2 is 1.88 bits per heavy atom. The van der Waals surface area contributed by atoms with E-state index in [-0.39, 0.29) is 17.9 Å². The first kappa shape index (κ1) is 16.1. The second kappa shape index (κ2) is 6.82. The maximum atomic E-state index is 12.9. The molecule has 1 aromatic carbocycles. The molecule has 5 nitrogen and oxygen atoms in total. The number of hydrogen-bond acceptors (Lipinski definition) is 4. The molecule has 130 valence electrons. The Labute approximate surface area is 148 Å². The van der Waals surface area contributed by atoms with Crippen molar-refractivity contribution in [3.63, 3.8) is 0 Å². The Morgan fingerprint density at radius 1 is 1.08 bits per heavy atom. The van der Waals surface area contributed by atoms with Crippen LogP contribution in [0.1, 0.15) is 50.3 Å². The van der Waals surface area contributed by atoms with Crippen LogP contribution in [0, 0.1) is 5.92 Å². The normalized spacial score (nSPS) is 21.0. The van der Waals surface area contributed by atoms with Crippen molar-refractivity contribution in [2.75, 3.05) is 12.3 Å². The van der Waals surface area contributed by atoms with Crippen molar-refractivity contribution in [3.8, 4) is 11.1 Å². The minimum atomic E-state index is 0.00218. The van der Waals surface area contributed by atoms with Crippen LogP contribution in [0.3, 0.4) is 0 Å². The molecule has 0 spiro atoms. The molecule has 4 rings (SSSR count). The van der Waals surface area contributed by atoms with E-state index in [9.17, 15) is 4.79 Å². The van der Waals surface area contributed by atoms with E-state index in [0.717, 1.165) is 55.5 Å². The summed E-state index contributed by atoms with van der Waals surface area (Å²) in [4.78, 5) is 23.8. The summed E-state index contributed by atoms with van der Waals surface area (Å²) in [6.07, 6.45) is 8.14. The van der Waals surface area contributed by atoms with Crippen molar-refractivity contribution >= 4 is 11.9 Å². The first-order valence-corrected chi connectivity index (χ1v) is 9.22. The first-order chi connectivity index (χ1) is 12.2. The second-order valence-electron chi connectivity index (χ2n) is 7.06. The van der Waals surface area contributed by atoms with Crippen molar-refractivity contribution in [1.82, 2.24) is 14.9 Å². The number of anilines is 1. The standard InChI is InChI=1S/C20H24N4O/c21-20-22-13-16(14-7-2-1-3-8-14)18(23-20)17-11-4-5-12-24(17)19(25)15-9-6-10-15/h1-3,7-8,13,15,17H,4-6,9-12H2,(H2,21,22,23)/t17-/m0/s1. The van der Waals surface area contributed by atoms with Gasteiger partial charge in [-0.15, -0.1) is 0 Å². The van der Waals surface area contributed by atoms with Crippen molar-refractivity contribution in [2.45, 2.75) is 44.6 Å². The molecule has 1 atom stereocenters. The molecule has 1 aromatic heterocycles. The molecule has 1 amide bonds. The lowest BCUT2D eigenvalue weighted by molar-refractivity contribution is -0.142. The summed E-state index contributed by atoms with van der Waals surface area (Å²) in [6.45, 7) is 0.818. The quantitative estimate of drug-likeness (QED) is 0.930. The van der Waals surface area contributed by atoms with Gasteiger partial charge in [-0.2, -0.15) is 0 Å². The Kier molecular flexibility index (Phi) is 4.38. The maximum absolute atomic E-state index is 12.9. The Hall–Kier alpha value is -2.43. The van der Waals surface area contributed by atoms with E-state index in [1.807, 2.05) is 18.2 Å². The van der Waals surface area contributed by atoms with Crippen LogP contribution in [0.2, 0.25) is 0 Å². The maximum Gasteiger partial charge on any atom is 0.226 e. The van der Waals surface area contributed by atoms with Crippen LogP contribution in [0.15, 0.2) is 36.5 Å². The fraction of sp³-hybridized carbons (Fsp3) is 0.450. The highest BCUT2D eigenvalue weighted by Crippen LogP contribution is 2.38. The number of carbonyl (C=O) groups excluding carboxylic acids is 1. The summed E-state index contributed by atoms with van der Waals surface area (Å²) >= 11 is 0. The number of benzene rings is 1. The van der Waals surface area contributed by atoms with Crippen molar-refractivity contribution in [3.05, 3.63) is 42.2 Å². The molecule has 0 unspecified atom stereocenters. The lowest BCUT2D eigenvalue weighted by Gasteiger charge is -2.40. The third kappa shape index (κ3) is 3.11. The number of nitrogens with two attached hydrogens (primary N) is 1. The van der Waals surface area contributed by atoms with E-state index in [1.165, 1.54) is 6.42 Å². The topological polar surface area (TPSA) is 72.1 Å². The predicted octanol–water partition coefficient (Wildman–Crippen LogP) is 3.58. The highest BCUT2D eigenvalue weighted by Gasteiger charge is 2.36. The molecule has 1 saturated heterocycles. The zero-order valence-electron chi connectivity index (χ0n) is 14.4. The molecular formula is C20H24N4O. The Balaban J connectivity index is 1.73. The average Bonchev–Trinajstić information content (AvgIpc) is 2.61. The smallest absolute Gasteiger partial charge is 0.226 e. The summed E-state index contributed by atoms with van der Waals surface area (Å²) in [5.74, 6) is 0.781. The molecule has 1 saturated carbocycles. The molecule has 5 heteroatoms. The molecule has 0 radical (unpaired) electrons. The van der Waals surface area contributed by atoms with E-state index in [0.29, 0.717) is 5.91 Å². The van der Waals surface area contributed by atoms with Crippen LogP contribution in [0.25, 0.3) is 11.1 Å². The molecule has 2 N–H and O–H groups in total. The van der Waals surface area contributed by atoms with Gasteiger partial charge in [0.05, 0.1) is 11.7 Å². The fourth-order valence-electron chi connectivity index (χ4n) is 3.87. The van der Waals surface area contributed by atoms with Crippen LogP contribution >= 0.6 is 0 Å². The van der Waals surface area contributed by atoms with Crippen molar-refractivity contribution in [2.24, 2.45) is 5.92 Å². The van der Waals surface area contributed by atoms with Gasteiger partial charge in [0.1, 0.15) is 0 Å². The van der Waals surface area contributed by atoms with E-state index < -0.39 is 0 Å². The van der Waals surface area contributed by atoms with Crippen LogP contribution in [0.5, 0.6) is 0 Å². The highest BCUT2D eigenvalue weighted by atomic mass is 16.2. The van der Waals surface area contributed by atoms with Gasteiger partial charge in [-0.1, -0.05) is 36.8 Å². The number of nitrogens with zero attached hydrogens (tertiary/aromatic N) is 3. The van der Waals surface area contributed by atoms with Crippen LogP contribution in [-0.2, 0) is 4.79 Å². The first-order valence-electron chi connectivity index (χ1n) is 9.22. The van der Waals surface area contributed by atoms with Gasteiger partial charge in [-0.3, -0.25) is 4.79 Å². The second-order valence-corrected chi connectivity index (χ2v) is 7.06. The van der Waals surface area contributed by atoms with Crippen molar-refractivity contribution in [1.29, 1.82) is 0 Å². The zero-order valence-corrected chi connectivity index (χ0v) is 14.4. The fourth-order valence-corrected chi connectivity index (χ4v) is 3.87. The summed E-state index contributed by atoms with van der Waals surface area (Å²) in [5, 5.41) is 0. The molecule has 2 aliphatic rings. The minimum absolute atomic E-state index is 0.00218. The number of rotatable bonds is 3. The largest absolute Gasteiger partial charge is 0.368 e. The Morgan fingerprint density at radius 3 is 2.60 bits per heavy atom. The number of aromatic nitrogens is 2. The van der Waals surface area contributed by atoms with E-state index >= 15 is 0 Å². The van der Waals surface area contributed by atoms with Gasteiger partial charge in [0, 0.05) is 24.2 Å².